The van der Waals surface area contributed by atoms with Crippen LogP contribution in [0.4, 0.5) is 10.1 Å². The van der Waals surface area contributed by atoms with Crippen molar-refractivity contribution in [1.82, 2.24) is 4.57 Å². The first-order chi connectivity index (χ1) is 14.0. The topological polar surface area (TPSA) is 60.3 Å². The minimum Gasteiger partial charge on any atom is -0.449 e. The number of halogens is 1. The predicted molar refractivity (Wildman–Crippen MR) is 113 cm³/mol. The summed E-state index contributed by atoms with van der Waals surface area (Å²) in [4.78, 5) is 26.6. The van der Waals surface area contributed by atoms with Crippen LogP contribution >= 0.6 is 23.1 Å². The average Bonchev–Trinajstić information content (AvgIpc) is 3.37. The van der Waals surface area contributed by atoms with E-state index in [-0.39, 0.29) is 5.69 Å². The summed E-state index contributed by atoms with van der Waals surface area (Å²) in [5.74, 6) is 0.155. The lowest BCUT2D eigenvalue weighted by Crippen LogP contribution is -2.30. The first-order valence-electron chi connectivity index (χ1n) is 9.16. The molecule has 150 valence electrons. The van der Waals surface area contributed by atoms with Crippen molar-refractivity contribution in [3.05, 3.63) is 70.6 Å². The zero-order valence-electron chi connectivity index (χ0n) is 15.7. The van der Waals surface area contributed by atoms with E-state index in [1.807, 2.05) is 40.9 Å². The van der Waals surface area contributed by atoms with Crippen LogP contribution in [0.25, 0.3) is 5.00 Å². The Hall–Kier alpha value is -2.58. The summed E-state index contributed by atoms with van der Waals surface area (Å²) in [7, 11) is 0. The predicted octanol–water partition coefficient (Wildman–Crippen LogP) is 4.65. The van der Waals surface area contributed by atoms with Crippen molar-refractivity contribution in [3.63, 3.8) is 0 Å². The third-order valence-electron chi connectivity index (χ3n) is 4.63. The summed E-state index contributed by atoms with van der Waals surface area (Å²) in [5, 5.41) is 3.27. The van der Waals surface area contributed by atoms with Gasteiger partial charge in [0.05, 0.1) is 11.3 Å². The fourth-order valence-electron chi connectivity index (χ4n) is 3.15. The number of anilines is 1. The Kier molecular flexibility index (Phi) is 5.73. The number of amides is 1. The fraction of sp³-hybridized carbons (Fsp3) is 0.238. The van der Waals surface area contributed by atoms with Crippen LogP contribution in [0.15, 0.2) is 48.8 Å². The molecule has 1 atom stereocenters. The molecule has 0 aliphatic carbocycles. The minimum atomic E-state index is -1.06. The van der Waals surface area contributed by atoms with Crippen LogP contribution in [-0.4, -0.2) is 28.3 Å². The number of fused-ring (bicyclic) bond motifs is 1. The van der Waals surface area contributed by atoms with Crippen LogP contribution < -0.4 is 5.32 Å². The van der Waals surface area contributed by atoms with Gasteiger partial charge in [0.15, 0.2) is 6.10 Å². The fourth-order valence-corrected chi connectivity index (χ4v) is 5.58. The van der Waals surface area contributed by atoms with Gasteiger partial charge in [0, 0.05) is 23.0 Å². The van der Waals surface area contributed by atoms with Gasteiger partial charge in [-0.1, -0.05) is 12.1 Å². The summed E-state index contributed by atoms with van der Waals surface area (Å²) < 4.78 is 21.2. The van der Waals surface area contributed by atoms with Gasteiger partial charge >= 0.3 is 5.97 Å². The van der Waals surface area contributed by atoms with E-state index in [2.05, 4.69) is 5.32 Å². The molecule has 1 amide bonds. The van der Waals surface area contributed by atoms with Crippen LogP contribution in [0.1, 0.15) is 27.7 Å². The van der Waals surface area contributed by atoms with E-state index in [4.69, 9.17) is 4.74 Å². The van der Waals surface area contributed by atoms with Crippen molar-refractivity contribution in [2.45, 2.75) is 25.2 Å². The number of thioether (sulfide) groups is 1. The third-order valence-corrected chi connectivity index (χ3v) is 7.04. The summed E-state index contributed by atoms with van der Waals surface area (Å²) in [5.41, 5.74) is 1.58. The number of esters is 1. The van der Waals surface area contributed by atoms with E-state index in [0.717, 1.165) is 28.5 Å². The smallest absolute Gasteiger partial charge is 0.342 e. The number of rotatable bonds is 5. The molecule has 5 nitrogen and oxygen atoms in total. The van der Waals surface area contributed by atoms with Gasteiger partial charge in [-0.3, -0.25) is 4.79 Å². The molecule has 3 aromatic rings. The highest BCUT2D eigenvalue weighted by molar-refractivity contribution is 7.98. The second kappa shape index (κ2) is 8.42. The summed E-state index contributed by atoms with van der Waals surface area (Å²) in [6, 6.07) is 9.66. The molecule has 1 aromatic carbocycles. The molecule has 4 rings (SSSR count). The molecule has 1 N–H and O–H groups in total. The monoisotopic (exact) mass is 430 g/mol. The van der Waals surface area contributed by atoms with Crippen LogP contribution in [0.5, 0.6) is 0 Å². The second-order valence-electron chi connectivity index (χ2n) is 6.59. The van der Waals surface area contributed by atoms with Gasteiger partial charge in [-0.2, -0.15) is 11.8 Å². The summed E-state index contributed by atoms with van der Waals surface area (Å²) >= 11 is 3.42. The number of nitrogens with one attached hydrogen (secondary N) is 1. The molecule has 1 aliphatic rings. The molecular formula is C21H19FN2O3S2. The number of aromatic nitrogens is 1. The van der Waals surface area contributed by atoms with Gasteiger partial charge in [0.2, 0.25) is 0 Å². The van der Waals surface area contributed by atoms with Gasteiger partial charge in [-0.25, -0.2) is 9.18 Å². The maximum atomic E-state index is 13.8. The molecule has 0 spiro atoms. The van der Waals surface area contributed by atoms with Crippen molar-refractivity contribution >= 4 is 40.7 Å². The van der Waals surface area contributed by atoms with E-state index in [1.54, 1.807) is 17.4 Å². The number of thiophene rings is 1. The van der Waals surface area contributed by atoms with Gasteiger partial charge < -0.3 is 14.6 Å². The maximum Gasteiger partial charge on any atom is 0.342 e. The van der Waals surface area contributed by atoms with Crippen LogP contribution in [0, 0.1) is 5.82 Å². The normalized spacial score (nSPS) is 14.1. The SMILES string of the molecule is CC(OC(=O)c1c(-n2cccc2)sc2c1CCSC2)C(=O)Nc1ccccc1F. The van der Waals surface area contributed by atoms with Crippen LogP contribution in [-0.2, 0) is 21.7 Å². The zero-order valence-corrected chi connectivity index (χ0v) is 17.3. The number of benzene rings is 1. The molecule has 1 aliphatic heterocycles. The second-order valence-corrected chi connectivity index (χ2v) is 8.78. The maximum absolute atomic E-state index is 13.8. The molecule has 0 fully saturated rings. The Morgan fingerprint density at radius 2 is 1.97 bits per heavy atom. The highest BCUT2D eigenvalue weighted by Crippen LogP contribution is 2.38. The van der Waals surface area contributed by atoms with E-state index in [0.29, 0.717) is 5.56 Å². The molecule has 0 bridgehead atoms. The molecule has 3 heterocycles. The number of nitrogens with zero attached hydrogens (tertiary/aromatic N) is 1. The van der Waals surface area contributed by atoms with Crippen molar-refractivity contribution in [2.75, 3.05) is 11.1 Å². The van der Waals surface area contributed by atoms with Gasteiger partial charge in [0.1, 0.15) is 10.8 Å². The highest BCUT2D eigenvalue weighted by atomic mass is 32.2. The van der Waals surface area contributed by atoms with Gasteiger partial charge in [-0.05, 0) is 48.9 Å². The molecular weight excluding hydrogens is 411 g/mol. The van der Waals surface area contributed by atoms with Gasteiger partial charge in [-0.15, -0.1) is 11.3 Å². The third kappa shape index (κ3) is 4.09. The number of hydrogen-bond donors (Lipinski definition) is 1. The highest BCUT2D eigenvalue weighted by Gasteiger charge is 2.29. The summed E-state index contributed by atoms with van der Waals surface area (Å²) in [6.45, 7) is 1.48. The quantitative estimate of drug-likeness (QED) is 0.599. The van der Waals surface area contributed by atoms with Crippen molar-refractivity contribution in [2.24, 2.45) is 0 Å². The molecule has 0 saturated carbocycles. The molecule has 29 heavy (non-hydrogen) atoms. The Morgan fingerprint density at radius 1 is 1.21 bits per heavy atom. The Bertz CT molecular complexity index is 1050. The molecule has 8 heteroatoms. The van der Waals surface area contributed by atoms with Crippen LogP contribution in [0.3, 0.4) is 0 Å². The number of carbonyl (C=O) groups is 2. The van der Waals surface area contributed by atoms with Crippen molar-refractivity contribution < 1.29 is 18.7 Å². The Labute approximate surface area is 175 Å². The number of carbonyl (C=O) groups excluding carboxylic acids is 2. The molecule has 0 saturated heterocycles. The largest absolute Gasteiger partial charge is 0.449 e. The lowest BCUT2D eigenvalue weighted by atomic mass is 10.1. The molecule has 1 unspecified atom stereocenters. The first kappa shape index (κ1) is 19.7. The number of hydrogen-bond acceptors (Lipinski definition) is 5. The van der Waals surface area contributed by atoms with E-state index in [1.165, 1.54) is 30.0 Å². The van der Waals surface area contributed by atoms with Gasteiger partial charge in [0.25, 0.3) is 5.91 Å². The minimum absolute atomic E-state index is 0.0540. The first-order valence-corrected chi connectivity index (χ1v) is 11.1. The lowest BCUT2D eigenvalue weighted by molar-refractivity contribution is -0.123. The van der Waals surface area contributed by atoms with E-state index < -0.39 is 23.8 Å². The van der Waals surface area contributed by atoms with E-state index in [9.17, 15) is 14.0 Å². The van der Waals surface area contributed by atoms with Crippen molar-refractivity contribution in [3.8, 4) is 5.00 Å². The van der Waals surface area contributed by atoms with E-state index >= 15 is 0 Å². The lowest BCUT2D eigenvalue weighted by Gasteiger charge is -2.16. The average molecular weight is 431 g/mol. The number of para-hydroxylation sites is 1. The Morgan fingerprint density at radius 3 is 2.72 bits per heavy atom. The standard InChI is InChI=1S/C21H19FN2O3S2/c1-13(19(25)23-16-7-3-2-6-15(16)22)27-21(26)18-14-8-11-28-12-17(14)29-20(18)24-9-4-5-10-24/h2-7,9-10,13H,8,11-12H2,1H3,(H,23,25). The Balaban J connectivity index is 1.56. The van der Waals surface area contributed by atoms with Crippen LogP contribution in [0.2, 0.25) is 0 Å². The molecule has 2 aromatic heterocycles. The van der Waals surface area contributed by atoms with Crippen molar-refractivity contribution in [1.29, 1.82) is 0 Å². The summed E-state index contributed by atoms with van der Waals surface area (Å²) in [6.07, 6.45) is 3.50. The number of ether oxygens (including phenoxy) is 1. The zero-order chi connectivity index (χ0) is 20.4. The molecule has 0 radical (unpaired) electrons.